The number of para-hydroxylation sites is 1. The molecule has 0 aliphatic heterocycles. The predicted molar refractivity (Wildman–Crippen MR) is 69.7 cm³/mol. The standard InChI is InChI=1S/C14H19ClO2/c1-16-12-6-4-7-13(9-12)17-14-8-3-2-5-11(14)10-15/h2-3,5,8,12-13H,4,6-7,9-10H2,1H3. The predicted octanol–water partition coefficient (Wildman–Crippen LogP) is 3.76. The first kappa shape index (κ1) is 12.7. The van der Waals surface area contributed by atoms with Crippen LogP contribution in [-0.2, 0) is 10.6 Å². The molecule has 3 heteroatoms. The molecule has 1 saturated carbocycles. The third-order valence-corrected chi connectivity index (χ3v) is 3.61. The number of ether oxygens (including phenoxy) is 2. The lowest BCUT2D eigenvalue weighted by Crippen LogP contribution is -2.29. The number of methoxy groups -OCH3 is 1. The van der Waals surface area contributed by atoms with E-state index in [4.69, 9.17) is 21.1 Å². The van der Waals surface area contributed by atoms with E-state index in [-0.39, 0.29) is 6.10 Å². The van der Waals surface area contributed by atoms with Crippen LogP contribution in [0.25, 0.3) is 0 Å². The van der Waals surface area contributed by atoms with Gasteiger partial charge in [-0.15, -0.1) is 11.6 Å². The molecule has 0 N–H and O–H groups in total. The van der Waals surface area contributed by atoms with Crippen molar-refractivity contribution in [3.63, 3.8) is 0 Å². The van der Waals surface area contributed by atoms with E-state index in [1.54, 1.807) is 7.11 Å². The Morgan fingerprint density at radius 2 is 2.00 bits per heavy atom. The highest BCUT2D eigenvalue weighted by Crippen LogP contribution is 2.27. The zero-order chi connectivity index (χ0) is 12.1. The molecule has 1 aliphatic rings. The molecule has 2 unspecified atom stereocenters. The lowest BCUT2D eigenvalue weighted by Gasteiger charge is -2.29. The molecule has 17 heavy (non-hydrogen) atoms. The molecular formula is C14H19ClO2. The van der Waals surface area contributed by atoms with Gasteiger partial charge in [0, 0.05) is 19.1 Å². The van der Waals surface area contributed by atoms with Gasteiger partial charge in [-0.25, -0.2) is 0 Å². The smallest absolute Gasteiger partial charge is 0.124 e. The Morgan fingerprint density at radius 1 is 1.24 bits per heavy atom. The molecule has 1 fully saturated rings. The Kier molecular flexibility index (Phi) is 4.69. The SMILES string of the molecule is COC1CCCC(Oc2ccccc2CCl)C1. The van der Waals surface area contributed by atoms with Crippen molar-refractivity contribution in [2.75, 3.05) is 7.11 Å². The van der Waals surface area contributed by atoms with Crippen LogP contribution in [0.4, 0.5) is 0 Å². The van der Waals surface area contributed by atoms with Crippen LogP contribution in [0.15, 0.2) is 24.3 Å². The molecule has 0 aromatic heterocycles. The van der Waals surface area contributed by atoms with Gasteiger partial charge in [-0.1, -0.05) is 18.2 Å². The van der Waals surface area contributed by atoms with Crippen molar-refractivity contribution in [3.05, 3.63) is 29.8 Å². The van der Waals surface area contributed by atoms with Crippen LogP contribution in [0.5, 0.6) is 5.75 Å². The van der Waals surface area contributed by atoms with Gasteiger partial charge in [-0.2, -0.15) is 0 Å². The number of halogens is 1. The van der Waals surface area contributed by atoms with Gasteiger partial charge in [-0.3, -0.25) is 0 Å². The zero-order valence-electron chi connectivity index (χ0n) is 10.2. The molecule has 2 rings (SSSR count). The molecule has 2 atom stereocenters. The van der Waals surface area contributed by atoms with Crippen LogP contribution < -0.4 is 4.74 Å². The summed E-state index contributed by atoms with van der Waals surface area (Å²) in [5.41, 5.74) is 1.06. The number of alkyl halides is 1. The van der Waals surface area contributed by atoms with Crippen LogP contribution in [0.2, 0.25) is 0 Å². The Hall–Kier alpha value is -0.730. The summed E-state index contributed by atoms with van der Waals surface area (Å²) in [7, 11) is 1.78. The van der Waals surface area contributed by atoms with Crippen molar-refractivity contribution in [3.8, 4) is 5.75 Å². The molecule has 0 radical (unpaired) electrons. The number of hydrogen-bond donors (Lipinski definition) is 0. The van der Waals surface area contributed by atoms with E-state index >= 15 is 0 Å². The van der Waals surface area contributed by atoms with Crippen molar-refractivity contribution < 1.29 is 9.47 Å². The van der Waals surface area contributed by atoms with Gasteiger partial charge in [-0.05, 0) is 25.3 Å². The molecule has 1 aromatic rings. The van der Waals surface area contributed by atoms with Crippen molar-refractivity contribution >= 4 is 11.6 Å². The molecule has 1 aromatic carbocycles. The number of hydrogen-bond acceptors (Lipinski definition) is 2. The largest absolute Gasteiger partial charge is 0.490 e. The van der Waals surface area contributed by atoms with Gasteiger partial charge < -0.3 is 9.47 Å². The van der Waals surface area contributed by atoms with Crippen LogP contribution in [-0.4, -0.2) is 19.3 Å². The summed E-state index contributed by atoms with van der Waals surface area (Å²) in [6.45, 7) is 0. The average molecular weight is 255 g/mol. The fraction of sp³-hybridized carbons (Fsp3) is 0.571. The van der Waals surface area contributed by atoms with Crippen molar-refractivity contribution in [2.45, 2.75) is 43.8 Å². The van der Waals surface area contributed by atoms with E-state index in [0.29, 0.717) is 12.0 Å². The highest BCUT2D eigenvalue weighted by Gasteiger charge is 2.23. The third-order valence-electron chi connectivity index (χ3n) is 3.32. The summed E-state index contributed by atoms with van der Waals surface area (Å²) in [4.78, 5) is 0. The lowest BCUT2D eigenvalue weighted by atomic mass is 9.95. The molecule has 2 nitrogen and oxygen atoms in total. The monoisotopic (exact) mass is 254 g/mol. The Bertz CT molecular complexity index is 354. The summed E-state index contributed by atoms with van der Waals surface area (Å²) < 4.78 is 11.5. The minimum absolute atomic E-state index is 0.262. The second kappa shape index (κ2) is 6.27. The highest BCUT2D eigenvalue weighted by atomic mass is 35.5. The summed E-state index contributed by atoms with van der Waals surface area (Å²) >= 11 is 5.90. The van der Waals surface area contributed by atoms with Crippen LogP contribution in [0.3, 0.4) is 0 Å². The Morgan fingerprint density at radius 3 is 2.76 bits per heavy atom. The molecule has 0 bridgehead atoms. The van der Waals surface area contributed by atoms with Crippen molar-refractivity contribution in [2.24, 2.45) is 0 Å². The number of rotatable bonds is 4. The van der Waals surface area contributed by atoms with E-state index in [0.717, 1.165) is 30.6 Å². The molecule has 94 valence electrons. The van der Waals surface area contributed by atoms with E-state index in [1.165, 1.54) is 6.42 Å². The van der Waals surface area contributed by atoms with Crippen LogP contribution >= 0.6 is 11.6 Å². The maximum absolute atomic E-state index is 6.04. The fourth-order valence-electron chi connectivity index (χ4n) is 2.33. The van der Waals surface area contributed by atoms with E-state index in [1.807, 2.05) is 24.3 Å². The minimum atomic E-state index is 0.262. The summed E-state index contributed by atoms with van der Waals surface area (Å²) in [5.74, 6) is 1.42. The fourth-order valence-corrected chi connectivity index (χ4v) is 2.55. The van der Waals surface area contributed by atoms with Crippen LogP contribution in [0, 0.1) is 0 Å². The molecule has 0 heterocycles. The maximum atomic E-state index is 6.04. The number of benzene rings is 1. The van der Waals surface area contributed by atoms with Crippen molar-refractivity contribution in [1.29, 1.82) is 0 Å². The van der Waals surface area contributed by atoms with Gasteiger partial charge in [0.15, 0.2) is 0 Å². The Labute approximate surface area is 108 Å². The van der Waals surface area contributed by atoms with Gasteiger partial charge in [0.1, 0.15) is 11.9 Å². The van der Waals surface area contributed by atoms with Gasteiger partial charge in [0.25, 0.3) is 0 Å². The van der Waals surface area contributed by atoms with Gasteiger partial charge in [0.2, 0.25) is 0 Å². The lowest BCUT2D eigenvalue weighted by molar-refractivity contribution is 0.0207. The van der Waals surface area contributed by atoms with Crippen LogP contribution in [0.1, 0.15) is 31.2 Å². The Balaban J connectivity index is 2.00. The first-order valence-electron chi connectivity index (χ1n) is 6.16. The molecular weight excluding hydrogens is 236 g/mol. The molecule has 0 amide bonds. The summed E-state index contributed by atoms with van der Waals surface area (Å²) in [5, 5.41) is 0. The highest BCUT2D eigenvalue weighted by molar-refractivity contribution is 6.17. The van der Waals surface area contributed by atoms with E-state index in [2.05, 4.69) is 0 Å². The maximum Gasteiger partial charge on any atom is 0.124 e. The second-order valence-electron chi connectivity index (χ2n) is 4.51. The van der Waals surface area contributed by atoms with E-state index < -0.39 is 0 Å². The van der Waals surface area contributed by atoms with Gasteiger partial charge >= 0.3 is 0 Å². The first-order chi connectivity index (χ1) is 8.33. The summed E-state index contributed by atoms with van der Waals surface area (Å²) in [6, 6.07) is 7.98. The zero-order valence-corrected chi connectivity index (χ0v) is 11.0. The minimum Gasteiger partial charge on any atom is -0.490 e. The molecule has 0 spiro atoms. The van der Waals surface area contributed by atoms with Gasteiger partial charge in [0.05, 0.1) is 12.0 Å². The molecule has 0 saturated heterocycles. The normalized spacial score (nSPS) is 24.6. The third kappa shape index (κ3) is 3.36. The van der Waals surface area contributed by atoms with Crippen molar-refractivity contribution in [1.82, 2.24) is 0 Å². The quantitative estimate of drug-likeness (QED) is 0.762. The summed E-state index contributed by atoms with van der Waals surface area (Å²) in [6.07, 6.45) is 5.01. The molecule has 1 aliphatic carbocycles. The topological polar surface area (TPSA) is 18.5 Å². The average Bonchev–Trinajstić information content (AvgIpc) is 2.39. The van der Waals surface area contributed by atoms with E-state index in [9.17, 15) is 0 Å². The second-order valence-corrected chi connectivity index (χ2v) is 4.77. The first-order valence-corrected chi connectivity index (χ1v) is 6.70.